The number of benzene rings is 1. The SMILES string of the molecule is NC(=NCC1CCCO1)N1CCN(c2ccc(Cl)cc2)CC1. The van der Waals surface area contributed by atoms with E-state index in [2.05, 4.69) is 26.9 Å². The van der Waals surface area contributed by atoms with Crippen molar-refractivity contribution in [3.63, 3.8) is 0 Å². The molecule has 2 heterocycles. The van der Waals surface area contributed by atoms with Crippen LogP contribution in [0.3, 0.4) is 0 Å². The quantitative estimate of drug-likeness (QED) is 0.683. The molecule has 3 rings (SSSR count). The summed E-state index contributed by atoms with van der Waals surface area (Å²) in [4.78, 5) is 9.00. The number of guanidine groups is 1. The normalized spacial score (nSPS) is 23.1. The zero-order valence-electron chi connectivity index (χ0n) is 12.7. The number of piperazine rings is 1. The highest BCUT2D eigenvalue weighted by atomic mass is 35.5. The van der Waals surface area contributed by atoms with E-state index in [0.29, 0.717) is 12.5 Å². The lowest BCUT2D eigenvalue weighted by atomic mass is 10.2. The minimum absolute atomic E-state index is 0.258. The molecule has 2 aliphatic rings. The van der Waals surface area contributed by atoms with Gasteiger partial charge in [0.2, 0.25) is 0 Å². The van der Waals surface area contributed by atoms with Gasteiger partial charge in [0.05, 0.1) is 12.6 Å². The van der Waals surface area contributed by atoms with Crippen LogP contribution in [0.1, 0.15) is 12.8 Å². The third kappa shape index (κ3) is 3.84. The van der Waals surface area contributed by atoms with Gasteiger partial charge >= 0.3 is 0 Å². The van der Waals surface area contributed by atoms with Crippen molar-refractivity contribution in [2.45, 2.75) is 18.9 Å². The number of rotatable bonds is 3. The van der Waals surface area contributed by atoms with Gasteiger partial charge in [-0.25, -0.2) is 0 Å². The maximum Gasteiger partial charge on any atom is 0.191 e. The molecule has 0 aromatic heterocycles. The fourth-order valence-electron chi connectivity index (χ4n) is 2.93. The second-order valence-electron chi connectivity index (χ2n) is 5.78. The number of nitrogens with two attached hydrogens (primary N) is 1. The highest BCUT2D eigenvalue weighted by Gasteiger charge is 2.20. The molecule has 0 amide bonds. The summed E-state index contributed by atoms with van der Waals surface area (Å²) in [5, 5.41) is 0.771. The average Bonchev–Trinajstić information content (AvgIpc) is 3.07. The third-order valence-electron chi connectivity index (χ3n) is 4.28. The van der Waals surface area contributed by atoms with Crippen LogP contribution in [-0.4, -0.2) is 56.3 Å². The van der Waals surface area contributed by atoms with Gasteiger partial charge in [0.15, 0.2) is 5.96 Å². The van der Waals surface area contributed by atoms with E-state index in [-0.39, 0.29) is 6.10 Å². The molecule has 1 aromatic rings. The Hall–Kier alpha value is -1.46. The molecule has 5 nitrogen and oxygen atoms in total. The molecule has 1 atom stereocenters. The van der Waals surface area contributed by atoms with Crippen molar-refractivity contribution in [2.24, 2.45) is 10.7 Å². The lowest BCUT2D eigenvalue weighted by Gasteiger charge is -2.36. The Labute approximate surface area is 136 Å². The molecule has 120 valence electrons. The van der Waals surface area contributed by atoms with E-state index in [9.17, 15) is 0 Å². The lowest BCUT2D eigenvalue weighted by Crippen LogP contribution is -2.51. The van der Waals surface area contributed by atoms with Gasteiger partial charge in [0.1, 0.15) is 0 Å². The predicted octanol–water partition coefficient (Wildman–Crippen LogP) is 1.96. The van der Waals surface area contributed by atoms with E-state index in [4.69, 9.17) is 22.1 Å². The van der Waals surface area contributed by atoms with Gasteiger partial charge in [0.25, 0.3) is 0 Å². The number of ether oxygens (including phenoxy) is 1. The molecule has 0 spiro atoms. The monoisotopic (exact) mass is 322 g/mol. The Morgan fingerprint density at radius 3 is 2.59 bits per heavy atom. The van der Waals surface area contributed by atoms with Gasteiger partial charge in [-0.3, -0.25) is 4.99 Å². The number of nitrogens with zero attached hydrogens (tertiary/aromatic N) is 3. The summed E-state index contributed by atoms with van der Waals surface area (Å²) in [7, 11) is 0. The standard InChI is InChI=1S/C16H23ClN4O/c17-13-3-5-14(6-4-13)20-7-9-21(10-8-20)16(18)19-12-15-2-1-11-22-15/h3-6,15H,1-2,7-12H2,(H2,18,19). The van der Waals surface area contributed by atoms with Crippen LogP contribution in [0.15, 0.2) is 29.3 Å². The second kappa shape index (κ2) is 7.20. The van der Waals surface area contributed by atoms with Crippen LogP contribution in [0, 0.1) is 0 Å². The summed E-state index contributed by atoms with van der Waals surface area (Å²) < 4.78 is 5.58. The van der Waals surface area contributed by atoms with Gasteiger partial charge in [0, 0.05) is 43.5 Å². The average molecular weight is 323 g/mol. The van der Waals surface area contributed by atoms with Crippen LogP contribution < -0.4 is 10.6 Å². The Morgan fingerprint density at radius 2 is 1.95 bits per heavy atom. The highest BCUT2D eigenvalue weighted by Crippen LogP contribution is 2.19. The maximum absolute atomic E-state index is 6.11. The lowest BCUT2D eigenvalue weighted by molar-refractivity contribution is 0.117. The molecule has 1 unspecified atom stereocenters. The molecular weight excluding hydrogens is 300 g/mol. The third-order valence-corrected chi connectivity index (χ3v) is 4.53. The van der Waals surface area contributed by atoms with Gasteiger partial charge < -0.3 is 20.3 Å². The first-order valence-corrected chi connectivity index (χ1v) is 8.27. The number of anilines is 1. The van der Waals surface area contributed by atoms with Crippen molar-refractivity contribution in [1.82, 2.24) is 4.90 Å². The topological polar surface area (TPSA) is 54.1 Å². The van der Waals surface area contributed by atoms with Gasteiger partial charge in [-0.15, -0.1) is 0 Å². The highest BCUT2D eigenvalue weighted by molar-refractivity contribution is 6.30. The molecular formula is C16H23ClN4O. The fourth-order valence-corrected chi connectivity index (χ4v) is 3.06. The minimum Gasteiger partial charge on any atom is -0.376 e. The van der Waals surface area contributed by atoms with Crippen LogP contribution in [0.2, 0.25) is 5.02 Å². The Balaban J connectivity index is 1.50. The smallest absolute Gasteiger partial charge is 0.191 e. The van der Waals surface area contributed by atoms with Crippen molar-refractivity contribution in [2.75, 3.05) is 44.2 Å². The number of hydrogen-bond acceptors (Lipinski definition) is 3. The molecule has 0 radical (unpaired) electrons. The van der Waals surface area contributed by atoms with E-state index in [1.54, 1.807) is 0 Å². The summed E-state index contributed by atoms with van der Waals surface area (Å²) in [6.45, 7) is 5.21. The van der Waals surface area contributed by atoms with Crippen molar-refractivity contribution >= 4 is 23.2 Å². The molecule has 0 aliphatic carbocycles. The molecule has 22 heavy (non-hydrogen) atoms. The largest absolute Gasteiger partial charge is 0.376 e. The summed E-state index contributed by atoms with van der Waals surface area (Å²) in [6.07, 6.45) is 2.50. The van der Waals surface area contributed by atoms with Crippen molar-refractivity contribution in [3.8, 4) is 0 Å². The summed E-state index contributed by atoms with van der Waals surface area (Å²) >= 11 is 5.93. The van der Waals surface area contributed by atoms with Crippen LogP contribution in [0.4, 0.5) is 5.69 Å². The van der Waals surface area contributed by atoms with E-state index in [1.807, 2.05) is 12.1 Å². The first-order valence-electron chi connectivity index (χ1n) is 7.89. The zero-order chi connectivity index (χ0) is 15.4. The molecule has 2 N–H and O–H groups in total. The minimum atomic E-state index is 0.258. The molecule has 6 heteroatoms. The zero-order valence-corrected chi connectivity index (χ0v) is 13.5. The second-order valence-corrected chi connectivity index (χ2v) is 6.22. The first kappa shape index (κ1) is 15.4. The number of hydrogen-bond donors (Lipinski definition) is 1. The number of aliphatic imine (C=N–C) groups is 1. The number of halogens is 1. The van der Waals surface area contributed by atoms with E-state index >= 15 is 0 Å². The van der Waals surface area contributed by atoms with Crippen molar-refractivity contribution in [3.05, 3.63) is 29.3 Å². The van der Waals surface area contributed by atoms with Crippen LogP contribution in [0.25, 0.3) is 0 Å². The molecule has 2 saturated heterocycles. The van der Waals surface area contributed by atoms with E-state index in [0.717, 1.165) is 50.7 Å². The molecule has 0 bridgehead atoms. The molecule has 1 aromatic carbocycles. The van der Waals surface area contributed by atoms with Crippen LogP contribution in [0.5, 0.6) is 0 Å². The van der Waals surface area contributed by atoms with E-state index < -0.39 is 0 Å². The Morgan fingerprint density at radius 1 is 1.23 bits per heavy atom. The van der Waals surface area contributed by atoms with Gasteiger partial charge in [-0.05, 0) is 37.1 Å². The van der Waals surface area contributed by atoms with Crippen LogP contribution >= 0.6 is 11.6 Å². The molecule has 2 fully saturated rings. The maximum atomic E-state index is 6.11. The molecule has 0 saturated carbocycles. The van der Waals surface area contributed by atoms with E-state index in [1.165, 1.54) is 5.69 Å². The Kier molecular flexibility index (Phi) is 5.05. The molecule has 2 aliphatic heterocycles. The van der Waals surface area contributed by atoms with Crippen LogP contribution in [-0.2, 0) is 4.74 Å². The summed E-state index contributed by atoms with van der Waals surface area (Å²) in [6, 6.07) is 7.99. The first-order chi connectivity index (χ1) is 10.7. The summed E-state index contributed by atoms with van der Waals surface area (Å²) in [5.41, 5.74) is 7.32. The van der Waals surface area contributed by atoms with Crippen molar-refractivity contribution in [1.29, 1.82) is 0 Å². The van der Waals surface area contributed by atoms with Gasteiger partial charge in [-0.2, -0.15) is 0 Å². The Bertz CT molecular complexity index is 505. The van der Waals surface area contributed by atoms with Crippen molar-refractivity contribution < 1.29 is 4.74 Å². The predicted molar refractivity (Wildman–Crippen MR) is 90.7 cm³/mol. The fraction of sp³-hybridized carbons (Fsp3) is 0.562. The van der Waals surface area contributed by atoms with Gasteiger partial charge in [-0.1, -0.05) is 11.6 Å². The summed E-state index contributed by atoms with van der Waals surface area (Å²) in [5.74, 6) is 0.645.